The van der Waals surface area contributed by atoms with Crippen LogP contribution in [0.1, 0.15) is 12.1 Å². The molecule has 1 aliphatic heterocycles. The van der Waals surface area contributed by atoms with Crippen molar-refractivity contribution in [2.24, 2.45) is 0 Å². The zero-order valence-electron chi connectivity index (χ0n) is 7.94. The number of nitrogens with zero attached hydrogens (tertiary/aromatic N) is 1. The van der Waals surface area contributed by atoms with Gasteiger partial charge in [0.2, 0.25) is 5.91 Å². The predicted molar refractivity (Wildman–Crippen MR) is 51.7 cm³/mol. The third kappa shape index (κ3) is 1.96. The highest BCUT2D eigenvalue weighted by Gasteiger charge is 2.27. The first-order chi connectivity index (χ1) is 6.75. The number of hydrogen-bond acceptors (Lipinski definition) is 2. The second-order valence-electron chi connectivity index (χ2n) is 3.64. The minimum Gasteiger partial charge on any atom is -0.391 e. The van der Waals surface area contributed by atoms with Crippen molar-refractivity contribution in [3.8, 4) is 0 Å². The minimum absolute atomic E-state index is 0.0593. The predicted octanol–water partition coefficient (Wildman–Crippen LogP) is 0.150. The number of aromatic amines is 1. The van der Waals surface area contributed by atoms with E-state index in [0.717, 1.165) is 12.1 Å². The summed E-state index contributed by atoms with van der Waals surface area (Å²) in [6.45, 7) is 1.18. The SMILES string of the molecule is O=C1CC(O)CN1CCc1ccc[nH]1. The fraction of sp³-hybridized carbons (Fsp3) is 0.500. The van der Waals surface area contributed by atoms with Gasteiger partial charge in [0, 0.05) is 31.4 Å². The number of aliphatic hydroxyl groups excluding tert-OH is 1. The fourth-order valence-electron chi connectivity index (χ4n) is 1.75. The Kier molecular flexibility index (Phi) is 2.54. The largest absolute Gasteiger partial charge is 0.391 e. The van der Waals surface area contributed by atoms with Crippen LogP contribution in [0.4, 0.5) is 0 Å². The molecule has 76 valence electrons. The first-order valence-corrected chi connectivity index (χ1v) is 4.84. The monoisotopic (exact) mass is 194 g/mol. The highest BCUT2D eigenvalue weighted by molar-refractivity contribution is 5.78. The number of aliphatic hydroxyl groups is 1. The molecule has 0 bridgehead atoms. The van der Waals surface area contributed by atoms with Gasteiger partial charge < -0.3 is 15.0 Å². The summed E-state index contributed by atoms with van der Waals surface area (Å²) in [5.41, 5.74) is 1.12. The summed E-state index contributed by atoms with van der Waals surface area (Å²) in [6.07, 6.45) is 2.51. The number of hydrogen-bond donors (Lipinski definition) is 2. The molecule has 4 nitrogen and oxygen atoms in total. The van der Waals surface area contributed by atoms with Crippen LogP contribution in [0.5, 0.6) is 0 Å². The average Bonchev–Trinajstić information content (AvgIpc) is 2.72. The van der Waals surface area contributed by atoms with Gasteiger partial charge in [0.15, 0.2) is 0 Å². The van der Waals surface area contributed by atoms with Crippen LogP contribution in [0.3, 0.4) is 0 Å². The molecule has 4 heteroatoms. The molecule has 0 saturated carbocycles. The molecule has 2 N–H and O–H groups in total. The number of carbonyl (C=O) groups is 1. The molecule has 1 aromatic rings. The molecule has 1 aromatic heterocycles. The van der Waals surface area contributed by atoms with Crippen LogP contribution in [0.25, 0.3) is 0 Å². The third-order valence-electron chi connectivity index (χ3n) is 2.51. The van der Waals surface area contributed by atoms with E-state index in [1.807, 2.05) is 18.3 Å². The number of aromatic nitrogens is 1. The average molecular weight is 194 g/mol. The van der Waals surface area contributed by atoms with Crippen LogP contribution in [0, 0.1) is 0 Å². The Labute approximate surface area is 82.5 Å². The molecule has 14 heavy (non-hydrogen) atoms. The summed E-state index contributed by atoms with van der Waals surface area (Å²) in [7, 11) is 0. The Morgan fingerprint density at radius 3 is 3.07 bits per heavy atom. The zero-order chi connectivity index (χ0) is 9.97. The van der Waals surface area contributed by atoms with Gasteiger partial charge in [-0.1, -0.05) is 0 Å². The summed E-state index contributed by atoms with van der Waals surface area (Å²) in [4.78, 5) is 16.1. The highest BCUT2D eigenvalue weighted by Crippen LogP contribution is 2.11. The maximum atomic E-state index is 11.3. The van der Waals surface area contributed by atoms with Crippen LogP contribution in [-0.2, 0) is 11.2 Å². The molecule has 1 amide bonds. The second-order valence-corrected chi connectivity index (χ2v) is 3.64. The highest BCUT2D eigenvalue weighted by atomic mass is 16.3. The lowest BCUT2D eigenvalue weighted by Crippen LogP contribution is -2.28. The van der Waals surface area contributed by atoms with Gasteiger partial charge in [-0.2, -0.15) is 0 Å². The Morgan fingerprint density at radius 1 is 1.64 bits per heavy atom. The van der Waals surface area contributed by atoms with Crippen molar-refractivity contribution >= 4 is 5.91 Å². The topological polar surface area (TPSA) is 56.3 Å². The Morgan fingerprint density at radius 2 is 2.50 bits per heavy atom. The van der Waals surface area contributed by atoms with E-state index < -0.39 is 6.10 Å². The molecule has 0 aliphatic carbocycles. The fourth-order valence-corrected chi connectivity index (χ4v) is 1.75. The molecule has 0 spiro atoms. The Bertz CT molecular complexity index is 308. The van der Waals surface area contributed by atoms with Gasteiger partial charge in [0.25, 0.3) is 0 Å². The van der Waals surface area contributed by atoms with Gasteiger partial charge in [-0.3, -0.25) is 4.79 Å². The van der Waals surface area contributed by atoms with Crippen LogP contribution < -0.4 is 0 Å². The summed E-state index contributed by atoms with van der Waals surface area (Å²) in [6, 6.07) is 3.94. The van der Waals surface area contributed by atoms with E-state index in [-0.39, 0.29) is 12.3 Å². The van der Waals surface area contributed by atoms with E-state index in [0.29, 0.717) is 13.1 Å². The van der Waals surface area contributed by atoms with Gasteiger partial charge in [0.05, 0.1) is 12.5 Å². The number of rotatable bonds is 3. The summed E-state index contributed by atoms with van der Waals surface area (Å²) < 4.78 is 0. The Balaban J connectivity index is 1.84. The van der Waals surface area contributed by atoms with Crippen LogP contribution in [0.15, 0.2) is 18.3 Å². The summed E-state index contributed by atoms with van der Waals surface area (Å²) >= 11 is 0. The summed E-state index contributed by atoms with van der Waals surface area (Å²) in [5, 5.41) is 9.26. The van der Waals surface area contributed by atoms with Crippen molar-refractivity contribution in [2.45, 2.75) is 18.9 Å². The number of amides is 1. The van der Waals surface area contributed by atoms with E-state index >= 15 is 0 Å². The van der Waals surface area contributed by atoms with E-state index in [9.17, 15) is 9.90 Å². The van der Waals surface area contributed by atoms with Crippen LogP contribution >= 0.6 is 0 Å². The second kappa shape index (κ2) is 3.84. The van der Waals surface area contributed by atoms with Crippen molar-refractivity contribution in [3.05, 3.63) is 24.0 Å². The van der Waals surface area contributed by atoms with E-state index in [2.05, 4.69) is 4.98 Å². The normalized spacial score (nSPS) is 21.9. The van der Waals surface area contributed by atoms with Crippen molar-refractivity contribution < 1.29 is 9.90 Å². The van der Waals surface area contributed by atoms with Gasteiger partial charge in [-0.25, -0.2) is 0 Å². The molecule has 1 saturated heterocycles. The molecule has 2 rings (SSSR count). The lowest BCUT2D eigenvalue weighted by molar-refractivity contribution is -0.127. The van der Waals surface area contributed by atoms with Gasteiger partial charge >= 0.3 is 0 Å². The van der Waals surface area contributed by atoms with Crippen LogP contribution in [-0.4, -0.2) is 40.1 Å². The molecule has 1 aliphatic rings. The molecule has 1 unspecified atom stereocenters. The standard InChI is InChI=1S/C10H14N2O2/c13-9-6-10(14)12(7-9)5-3-8-2-1-4-11-8/h1-2,4,9,11,13H,3,5-7H2. The maximum absolute atomic E-state index is 11.3. The van der Waals surface area contributed by atoms with Crippen molar-refractivity contribution in [2.75, 3.05) is 13.1 Å². The van der Waals surface area contributed by atoms with Gasteiger partial charge in [-0.15, -0.1) is 0 Å². The molecule has 1 atom stereocenters. The minimum atomic E-state index is -0.467. The van der Waals surface area contributed by atoms with E-state index in [1.54, 1.807) is 4.90 Å². The van der Waals surface area contributed by atoms with E-state index in [4.69, 9.17) is 0 Å². The molecular weight excluding hydrogens is 180 g/mol. The number of nitrogens with one attached hydrogen (secondary N) is 1. The first-order valence-electron chi connectivity index (χ1n) is 4.84. The van der Waals surface area contributed by atoms with Crippen molar-refractivity contribution in [1.82, 2.24) is 9.88 Å². The zero-order valence-corrected chi connectivity index (χ0v) is 7.94. The van der Waals surface area contributed by atoms with Crippen LogP contribution in [0.2, 0.25) is 0 Å². The third-order valence-corrected chi connectivity index (χ3v) is 2.51. The molecule has 0 aromatic carbocycles. The molecule has 1 fully saturated rings. The van der Waals surface area contributed by atoms with Gasteiger partial charge in [-0.05, 0) is 12.1 Å². The number of H-pyrrole nitrogens is 1. The number of carbonyl (C=O) groups excluding carboxylic acids is 1. The molecule has 2 heterocycles. The smallest absolute Gasteiger partial charge is 0.225 e. The van der Waals surface area contributed by atoms with E-state index in [1.165, 1.54) is 0 Å². The number of likely N-dealkylation sites (tertiary alicyclic amines) is 1. The number of β-amino-alcohol motifs (C(OH)–C–C–N with tert-alkyl or cyclic N) is 1. The lowest BCUT2D eigenvalue weighted by Gasteiger charge is -2.14. The quantitative estimate of drug-likeness (QED) is 0.719. The molecular formula is C10H14N2O2. The van der Waals surface area contributed by atoms with Gasteiger partial charge in [0.1, 0.15) is 0 Å². The maximum Gasteiger partial charge on any atom is 0.225 e. The summed E-state index contributed by atoms with van der Waals surface area (Å²) in [5.74, 6) is 0.0593. The van der Waals surface area contributed by atoms with Crippen molar-refractivity contribution in [3.63, 3.8) is 0 Å². The molecule has 0 radical (unpaired) electrons. The first kappa shape index (κ1) is 9.27. The lowest BCUT2D eigenvalue weighted by atomic mass is 10.3. The van der Waals surface area contributed by atoms with Crippen molar-refractivity contribution in [1.29, 1.82) is 0 Å². The Hall–Kier alpha value is -1.29.